The molecule has 11 heteroatoms. The van der Waals surface area contributed by atoms with Crippen molar-refractivity contribution in [1.82, 2.24) is 10.6 Å². The Morgan fingerprint density at radius 3 is 2.41 bits per heavy atom. The van der Waals surface area contributed by atoms with Crippen LogP contribution in [0.3, 0.4) is 0 Å². The van der Waals surface area contributed by atoms with Gasteiger partial charge in [0.25, 0.3) is 0 Å². The summed E-state index contributed by atoms with van der Waals surface area (Å²) in [6.45, 7) is 7.90. The van der Waals surface area contributed by atoms with Crippen LogP contribution in [0.2, 0.25) is 0 Å². The predicted molar refractivity (Wildman–Crippen MR) is 140 cm³/mol. The molecule has 0 spiro atoms. The normalized spacial score (nSPS) is 20.0. The fourth-order valence-corrected chi connectivity index (χ4v) is 3.87. The molecule has 2 radical (unpaired) electrons. The standard InChI is InChI=1S/C26H47BN2O8/c1-4-21-22(16-23(27)36-21)37-25(32)12-11-24(31)28-13-7-5-6-8-14-29-26(33)35-18-20(30)17-34-15-9-10-19(2)3/h19-23,30H,4-18H2,1-3H3,(H,28,31)(H,29,33). The molecule has 1 fully saturated rings. The maximum atomic E-state index is 12.0. The van der Waals surface area contributed by atoms with E-state index in [0.717, 1.165) is 38.5 Å². The Morgan fingerprint density at radius 2 is 1.73 bits per heavy atom. The molecule has 1 rings (SSSR count). The van der Waals surface area contributed by atoms with Gasteiger partial charge in [0.2, 0.25) is 5.91 Å². The van der Waals surface area contributed by atoms with Crippen LogP contribution in [0.25, 0.3) is 0 Å². The van der Waals surface area contributed by atoms with Crippen molar-refractivity contribution in [2.75, 3.05) is 32.9 Å². The summed E-state index contributed by atoms with van der Waals surface area (Å²) in [6, 6.07) is -0.413. The molecule has 37 heavy (non-hydrogen) atoms. The van der Waals surface area contributed by atoms with Gasteiger partial charge < -0.3 is 34.7 Å². The highest BCUT2D eigenvalue weighted by molar-refractivity contribution is 6.11. The molecule has 212 valence electrons. The SMILES string of the molecule is [B]C1CC(OC(=O)CCC(=O)NCCCCCCNC(=O)OCC(O)COCCCC(C)C)C(CC)O1. The molecule has 10 nitrogen and oxygen atoms in total. The smallest absolute Gasteiger partial charge is 0.407 e. The Balaban J connectivity index is 1.93. The maximum Gasteiger partial charge on any atom is 0.407 e. The van der Waals surface area contributed by atoms with Gasteiger partial charge in [0.05, 0.1) is 19.1 Å². The van der Waals surface area contributed by atoms with Crippen LogP contribution in [0.1, 0.15) is 85.0 Å². The Kier molecular flexibility index (Phi) is 18.1. The third-order valence-corrected chi connectivity index (χ3v) is 5.95. The molecule has 3 N–H and O–H groups in total. The van der Waals surface area contributed by atoms with E-state index in [1.165, 1.54) is 0 Å². The summed E-state index contributed by atoms with van der Waals surface area (Å²) < 4.78 is 21.3. The van der Waals surface area contributed by atoms with Gasteiger partial charge in [-0.25, -0.2) is 4.79 Å². The lowest BCUT2D eigenvalue weighted by Gasteiger charge is -2.17. The number of alkyl carbamates (subject to hydrolysis) is 1. The van der Waals surface area contributed by atoms with Gasteiger partial charge in [-0.05, 0) is 38.0 Å². The fourth-order valence-electron chi connectivity index (χ4n) is 3.87. The second-order valence-corrected chi connectivity index (χ2v) is 9.94. The van der Waals surface area contributed by atoms with Crippen LogP contribution in [0.4, 0.5) is 4.79 Å². The molecule has 0 aliphatic carbocycles. The number of rotatable bonds is 20. The summed E-state index contributed by atoms with van der Waals surface area (Å²) in [5.74, 6) is 0.0289. The van der Waals surface area contributed by atoms with E-state index in [0.29, 0.717) is 38.5 Å². The average Bonchev–Trinajstić information content (AvgIpc) is 3.21. The van der Waals surface area contributed by atoms with E-state index in [-0.39, 0.29) is 44.2 Å². The zero-order valence-corrected chi connectivity index (χ0v) is 22.9. The second-order valence-electron chi connectivity index (χ2n) is 9.94. The highest BCUT2D eigenvalue weighted by Gasteiger charge is 2.34. The van der Waals surface area contributed by atoms with Gasteiger partial charge in [-0.2, -0.15) is 0 Å². The summed E-state index contributed by atoms with van der Waals surface area (Å²) in [5.41, 5.74) is 0. The topological polar surface area (TPSA) is 132 Å². The summed E-state index contributed by atoms with van der Waals surface area (Å²) in [6.07, 6.45) is 4.77. The zero-order valence-electron chi connectivity index (χ0n) is 22.9. The first-order valence-electron chi connectivity index (χ1n) is 13.7. The quantitative estimate of drug-likeness (QED) is 0.125. The van der Waals surface area contributed by atoms with Gasteiger partial charge in [0.15, 0.2) is 0 Å². The first-order valence-corrected chi connectivity index (χ1v) is 13.7. The van der Waals surface area contributed by atoms with Crippen molar-refractivity contribution >= 4 is 25.8 Å². The van der Waals surface area contributed by atoms with Crippen molar-refractivity contribution in [2.24, 2.45) is 5.92 Å². The number of esters is 1. The minimum absolute atomic E-state index is 0.0259. The number of ether oxygens (including phenoxy) is 4. The highest BCUT2D eigenvalue weighted by Crippen LogP contribution is 2.24. The van der Waals surface area contributed by atoms with Gasteiger partial charge in [0.1, 0.15) is 26.7 Å². The van der Waals surface area contributed by atoms with Crippen LogP contribution in [0, 0.1) is 5.92 Å². The Morgan fingerprint density at radius 1 is 1.03 bits per heavy atom. The number of aliphatic hydroxyl groups excluding tert-OH is 1. The molecule has 1 saturated heterocycles. The van der Waals surface area contributed by atoms with Crippen LogP contribution in [-0.2, 0) is 28.5 Å². The molecule has 0 aromatic heterocycles. The number of nitrogens with one attached hydrogen (secondary N) is 2. The highest BCUT2D eigenvalue weighted by atomic mass is 16.6. The fraction of sp³-hybridized carbons (Fsp3) is 0.885. The molecule has 0 bridgehead atoms. The predicted octanol–water partition coefficient (Wildman–Crippen LogP) is 2.59. The van der Waals surface area contributed by atoms with Gasteiger partial charge in [0, 0.05) is 38.5 Å². The first kappa shape index (κ1) is 33.2. The van der Waals surface area contributed by atoms with Crippen molar-refractivity contribution in [3.8, 4) is 0 Å². The van der Waals surface area contributed by atoms with Crippen LogP contribution >= 0.6 is 0 Å². The summed E-state index contributed by atoms with van der Waals surface area (Å²) in [5, 5.41) is 15.3. The van der Waals surface area contributed by atoms with Crippen molar-refractivity contribution < 1.29 is 38.4 Å². The van der Waals surface area contributed by atoms with Gasteiger partial charge in [-0.3, -0.25) is 9.59 Å². The molecular formula is C26H47BN2O8. The zero-order chi connectivity index (χ0) is 27.5. The molecule has 4 atom stereocenters. The lowest BCUT2D eigenvalue weighted by atomic mass is 9.96. The Bertz CT molecular complexity index is 652. The summed E-state index contributed by atoms with van der Waals surface area (Å²) >= 11 is 0. The Labute approximate surface area is 223 Å². The minimum atomic E-state index is -0.833. The number of aliphatic hydroxyl groups is 1. The average molecular weight is 526 g/mol. The molecular weight excluding hydrogens is 479 g/mol. The van der Waals surface area contributed by atoms with Crippen LogP contribution in [0.5, 0.6) is 0 Å². The van der Waals surface area contributed by atoms with E-state index < -0.39 is 24.2 Å². The van der Waals surface area contributed by atoms with Crippen molar-refractivity contribution in [1.29, 1.82) is 0 Å². The number of hydrogen-bond donors (Lipinski definition) is 3. The third kappa shape index (κ3) is 17.3. The van der Waals surface area contributed by atoms with Crippen LogP contribution in [-0.4, -0.2) is 88.1 Å². The summed E-state index contributed by atoms with van der Waals surface area (Å²) in [4.78, 5) is 35.6. The number of hydrogen-bond acceptors (Lipinski definition) is 8. The molecule has 1 heterocycles. The second kappa shape index (κ2) is 20.2. The summed E-state index contributed by atoms with van der Waals surface area (Å²) in [7, 11) is 5.74. The van der Waals surface area contributed by atoms with Gasteiger partial charge in [-0.1, -0.05) is 33.6 Å². The molecule has 1 aliphatic heterocycles. The van der Waals surface area contributed by atoms with E-state index >= 15 is 0 Å². The number of amides is 2. The van der Waals surface area contributed by atoms with E-state index in [1.54, 1.807) is 0 Å². The van der Waals surface area contributed by atoms with E-state index in [4.69, 9.17) is 26.8 Å². The van der Waals surface area contributed by atoms with Crippen molar-refractivity contribution in [2.45, 2.75) is 109 Å². The lowest BCUT2D eigenvalue weighted by Crippen LogP contribution is -2.30. The molecule has 0 aromatic carbocycles. The molecule has 4 unspecified atom stereocenters. The molecule has 0 saturated carbocycles. The number of carbonyl (C=O) groups excluding carboxylic acids is 3. The van der Waals surface area contributed by atoms with E-state index in [9.17, 15) is 19.5 Å². The molecule has 0 aromatic rings. The largest absolute Gasteiger partial charge is 0.460 e. The number of carbonyl (C=O) groups is 3. The number of unbranched alkanes of at least 4 members (excludes halogenated alkanes) is 3. The lowest BCUT2D eigenvalue weighted by molar-refractivity contribution is -0.152. The Hall–Kier alpha value is -1.85. The van der Waals surface area contributed by atoms with E-state index in [1.807, 2.05) is 6.92 Å². The maximum absolute atomic E-state index is 12.0. The van der Waals surface area contributed by atoms with Crippen molar-refractivity contribution in [3.63, 3.8) is 0 Å². The first-order chi connectivity index (χ1) is 17.7. The molecule has 1 aliphatic rings. The van der Waals surface area contributed by atoms with Crippen LogP contribution in [0.15, 0.2) is 0 Å². The van der Waals surface area contributed by atoms with Gasteiger partial charge >= 0.3 is 12.1 Å². The minimum Gasteiger partial charge on any atom is -0.460 e. The van der Waals surface area contributed by atoms with Gasteiger partial charge in [-0.15, -0.1) is 0 Å². The monoisotopic (exact) mass is 526 g/mol. The third-order valence-electron chi connectivity index (χ3n) is 5.95. The van der Waals surface area contributed by atoms with Crippen LogP contribution < -0.4 is 10.6 Å². The van der Waals surface area contributed by atoms with Crippen molar-refractivity contribution in [3.05, 3.63) is 0 Å². The molecule has 2 amide bonds. The van der Waals surface area contributed by atoms with E-state index in [2.05, 4.69) is 24.5 Å².